The Morgan fingerprint density at radius 3 is 2.22 bits per heavy atom. The van der Waals surface area contributed by atoms with Crippen molar-refractivity contribution in [1.82, 2.24) is 14.1 Å². The van der Waals surface area contributed by atoms with Crippen LogP contribution in [0, 0.1) is 5.82 Å². The van der Waals surface area contributed by atoms with Crippen LogP contribution < -0.4 is 5.56 Å². The summed E-state index contributed by atoms with van der Waals surface area (Å²) in [6, 6.07) is 26.2. The minimum Gasteiger partial charge on any atom is -0.294 e. The van der Waals surface area contributed by atoms with Gasteiger partial charge < -0.3 is 0 Å². The van der Waals surface area contributed by atoms with Gasteiger partial charge in [-0.2, -0.15) is 0 Å². The zero-order chi connectivity index (χ0) is 22.1. The highest BCUT2D eigenvalue weighted by atomic mass is 19.1. The average molecular weight is 423 g/mol. The average Bonchev–Trinajstić information content (AvgIpc) is 3.23. The molecular formula is C26H18FN3O2. The summed E-state index contributed by atoms with van der Waals surface area (Å²) in [5, 5.41) is 0.386. The number of nitrogens with zero attached hydrogens (tertiary/aromatic N) is 3. The van der Waals surface area contributed by atoms with Crippen LogP contribution in [0.25, 0.3) is 28.0 Å². The number of hydrogen-bond donors (Lipinski definition) is 0. The third-order valence-corrected chi connectivity index (χ3v) is 5.35. The first-order valence-corrected chi connectivity index (χ1v) is 10.1. The maximum atomic E-state index is 13.5. The molecule has 2 heterocycles. The van der Waals surface area contributed by atoms with Crippen molar-refractivity contribution < 1.29 is 9.18 Å². The van der Waals surface area contributed by atoms with Crippen LogP contribution in [0.5, 0.6) is 0 Å². The zero-order valence-corrected chi connectivity index (χ0v) is 17.0. The van der Waals surface area contributed by atoms with E-state index in [1.54, 1.807) is 42.5 Å². The lowest BCUT2D eigenvalue weighted by Crippen LogP contribution is -2.24. The normalized spacial score (nSPS) is 11.0. The largest absolute Gasteiger partial charge is 0.294 e. The molecule has 156 valence electrons. The fourth-order valence-corrected chi connectivity index (χ4v) is 3.77. The van der Waals surface area contributed by atoms with E-state index >= 15 is 0 Å². The number of aromatic nitrogens is 3. The highest BCUT2D eigenvalue weighted by Crippen LogP contribution is 2.29. The maximum absolute atomic E-state index is 13.5. The van der Waals surface area contributed by atoms with Crippen LogP contribution in [0.1, 0.15) is 10.4 Å². The van der Waals surface area contributed by atoms with Crippen molar-refractivity contribution in [1.29, 1.82) is 0 Å². The molecule has 0 saturated carbocycles. The Kier molecular flexibility index (Phi) is 4.95. The SMILES string of the molecule is O=C(Cn1cnc2c(cc(-c3ccccc3)n2-c2ccc(F)cc2)c1=O)c1ccccc1. The molecule has 0 aliphatic carbocycles. The maximum Gasteiger partial charge on any atom is 0.263 e. The molecule has 0 atom stereocenters. The molecule has 5 nitrogen and oxygen atoms in total. The third-order valence-electron chi connectivity index (χ3n) is 5.35. The van der Waals surface area contributed by atoms with Crippen LogP contribution in [-0.2, 0) is 6.54 Å². The van der Waals surface area contributed by atoms with Gasteiger partial charge in [0, 0.05) is 11.3 Å². The molecular weight excluding hydrogens is 405 g/mol. The molecule has 0 radical (unpaired) electrons. The number of Topliss-reactive ketones (excluding diaryl/α,β-unsaturated/α-hetero) is 1. The molecule has 0 spiro atoms. The van der Waals surface area contributed by atoms with E-state index < -0.39 is 0 Å². The van der Waals surface area contributed by atoms with Crippen molar-refractivity contribution in [2.24, 2.45) is 0 Å². The Morgan fingerprint density at radius 2 is 1.53 bits per heavy atom. The van der Waals surface area contributed by atoms with E-state index in [9.17, 15) is 14.0 Å². The van der Waals surface area contributed by atoms with Gasteiger partial charge in [0.25, 0.3) is 5.56 Å². The number of rotatable bonds is 5. The first-order chi connectivity index (χ1) is 15.6. The Labute approximate surface area is 183 Å². The molecule has 0 fully saturated rings. The summed E-state index contributed by atoms with van der Waals surface area (Å²) < 4.78 is 16.7. The molecule has 0 N–H and O–H groups in total. The summed E-state index contributed by atoms with van der Waals surface area (Å²) in [7, 11) is 0. The molecule has 0 aliphatic heterocycles. The number of carbonyl (C=O) groups excluding carboxylic acids is 1. The van der Waals surface area contributed by atoms with E-state index in [1.807, 2.05) is 41.0 Å². The van der Waals surface area contributed by atoms with Gasteiger partial charge in [0.2, 0.25) is 0 Å². The highest BCUT2D eigenvalue weighted by Gasteiger charge is 2.18. The predicted molar refractivity (Wildman–Crippen MR) is 121 cm³/mol. The number of hydrogen-bond acceptors (Lipinski definition) is 3. The molecule has 5 rings (SSSR count). The van der Waals surface area contributed by atoms with Gasteiger partial charge in [-0.05, 0) is 35.9 Å². The van der Waals surface area contributed by atoms with E-state index in [1.165, 1.54) is 23.0 Å². The number of benzene rings is 3. The molecule has 32 heavy (non-hydrogen) atoms. The second-order valence-corrected chi connectivity index (χ2v) is 7.41. The summed E-state index contributed by atoms with van der Waals surface area (Å²) >= 11 is 0. The number of carbonyl (C=O) groups is 1. The second-order valence-electron chi connectivity index (χ2n) is 7.41. The van der Waals surface area contributed by atoms with E-state index in [-0.39, 0.29) is 23.7 Å². The summed E-state index contributed by atoms with van der Waals surface area (Å²) in [5.74, 6) is -0.517. The fourth-order valence-electron chi connectivity index (χ4n) is 3.77. The quantitative estimate of drug-likeness (QED) is 0.379. The standard InChI is InChI=1S/C26H18FN3O2/c27-20-11-13-21(14-12-20)30-23(18-7-3-1-4-8-18)15-22-25(30)28-17-29(26(22)32)16-24(31)19-9-5-2-6-10-19/h1-15,17H,16H2. The van der Waals surface area contributed by atoms with Crippen molar-refractivity contribution in [3.8, 4) is 16.9 Å². The first kappa shape index (κ1) is 19.6. The van der Waals surface area contributed by atoms with Gasteiger partial charge in [-0.1, -0.05) is 60.7 Å². The first-order valence-electron chi connectivity index (χ1n) is 10.1. The monoisotopic (exact) mass is 423 g/mol. The van der Waals surface area contributed by atoms with Crippen LogP contribution in [0.3, 0.4) is 0 Å². The van der Waals surface area contributed by atoms with Crippen LogP contribution in [0.15, 0.2) is 102 Å². The van der Waals surface area contributed by atoms with Crippen LogP contribution in [0.4, 0.5) is 4.39 Å². The summed E-state index contributed by atoms with van der Waals surface area (Å²) in [6.45, 7) is -0.103. The van der Waals surface area contributed by atoms with Crippen LogP contribution in [0.2, 0.25) is 0 Å². The molecule has 0 amide bonds. The lowest BCUT2D eigenvalue weighted by Gasteiger charge is -2.11. The topological polar surface area (TPSA) is 56.9 Å². The van der Waals surface area contributed by atoms with Crippen LogP contribution in [-0.4, -0.2) is 19.9 Å². The smallest absolute Gasteiger partial charge is 0.263 e. The summed E-state index contributed by atoms with van der Waals surface area (Å²) in [6.07, 6.45) is 1.39. The Bertz CT molecular complexity index is 1470. The Morgan fingerprint density at radius 1 is 0.875 bits per heavy atom. The highest BCUT2D eigenvalue weighted by molar-refractivity contribution is 5.96. The molecule has 6 heteroatoms. The van der Waals surface area contributed by atoms with Crippen molar-refractivity contribution >= 4 is 16.8 Å². The van der Waals surface area contributed by atoms with Crippen molar-refractivity contribution in [3.05, 3.63) is 119 Å². The van der Waals surface area contributed by atoms with E-state index in [0.717, 1.165) is 11.3 Å². The molecule has 0 unspecified atom stereocenters. The lowest BCUT2D eigenvalue weighted by molar-refractivity contribution is 0.0970. The minimum absolute atomic E-state index is 0.103. The van der Waals surface area contributed by atoms with E-state index in [0.29, 0.717) is 22.3 Å². The molecule has 0 aliphatic rings. The van der Waals surface area contributed by atoms with E-state index in [4.69, 9.17) is 0 Å². The molecule has 5 aromatic rings. The van der Waals surface area contributed by atoms with Crippen LogP contribution >= 0.6 is 0 Å². The van der Waals surface area contributed by atoms with Gasteiger partial charge in [0.15, 0.2) is 11.4 Å². The van der Waals surface area contributed by atoms with Gasteiger partial charge in [-0.25, -0.2) is 9.37 Å². The number of halogens is 1. The fraction of sp³-hybridized carbons (Fsp3) is 0.0385. The van der Waals surface area contributed by atoms with Crippen molar-refractivity contribution in [2.45, 2.75) is 6.54 Å². The van der Waals surface area contributed by atoms with Crippen molar-refractivity contribution in [2.75, 3.05) is 0 Å². The third kappa shape index (κ3) is 3.52. The summed E-state index contributed by atoms with van der Waals surface area (Å²) in [4.78, 5) is 30.4. The van der Waals surface area contributed by atoms with Gasteiger partial charge >= 0.3 is 0 Å². The van der Waals surface area contributed by atoms with Gasteiger partial charge in [0.05, 0.1) is 17.6 Å². The van der Waals surface area contributed by atoms with Gasteiger partial charge in [-0.15, -0.1) is 0 Å². The number of fused-ring (bicyclic) bond motifs is 1. The predicted octanol–water partition coefficient (Wildman–Crippen LogP) is 4.88. The number of ketones is 1. The van der Waals surface area contributed by atoms with Gasteiger partial charge in [0.1, 0.15) is 12.1 Å². The Balaban J connectivity index is 1.67. The van der Waals surface area contributed by atoms with E-state index in [2.05, 4.69) is 4.98 Å². The second kappa shape index (κ2) is 8.07. The Hall–Kier alpha value is -4.32. The lowest BCUT2D eigenvalue weighted by atomic mass is 10.1. The molecule has 2 aromatic heterocycles. The summed E-state index contributed by atoms with van der Waals surface area (Å²) in [5.41, 5.74) is 3.00. The minimum atomic E-state index is -0.346. The van der Waals surface area contributed by atoms with Crippen molar-refractivity contribution in [3.63, 3.8) is 0 Å². The molecule has 0 saturated heterocycles. The molecule has 3 aromatic carbocycles. The molecule has 0 bridgehead atoms. The zero-order valence-electron chi connectivity index (χ0n) is 17.0. The van der Waals surface area contributed by atoms with Gasteiger partial charge in [-0.3, -0.25) is 18.7 Å².